The predicted molar refractivity (Wildman–Crippen MR) is 250 cm³/mol. The third-order valence-electron chi connectivity index (χ3n) is 11.4. The summed E-state index contributed by atoms with van der Waals surface area (Å²) in [5.41, 5.74) is 0. The molecule has 4 unspecified atom stereocenters. The van der Waals surface area contributed by atoms with Gasteiger partial charge in [-0.1, -0.05) is 173 Å². The van der Waals surface area contributed by atoms with Crippen molar-refractivity contribution in [2.75, 3.05) is 19.0 Å². The fourth-order valence-electron chi connectivity index (χ4n) is 7.66. The number of carbonyl (C=O) groups is 3. The van der Waals surface area contributed by atoms with Gasteiger partial charge < -0.3 is 44.6 Å². The molecule has 0 radical (unpaired) electrons. The number of phosphoric ester groups is 2. The van der Waals surface area contributed by atoms with E-state index in [1.165, 1.54) is 108 Å². The van der Waals surface area contributed by atoms with Gasteiger partial charge >= 0.3 is 27.6 Å². The smallest absolute Gasteiger partial charge is 0.466 e. The third-order valence-corrected chi connectivity index (χ3v) is 14.0. The van der Waals surface area contributed by atoms with Gasteiger partial charge in [0, 0.05) is 18.6 Å². The van der Waals surface area contributed by atoms with Gasteiger partial charge in [-0.2, -0.15) is 0 Å². The van der Waals surface area contributed by atoms with Crippen LogP contribution in [-0.2, 0) is 46.6 Å². The monoisotopic (exact) mass is 993 g/mol. The molecule has 0 aromatic rings. The summed E-state index contributed by atoms with van der Waals surface area (Å²) in [4.78, 5) is 65.8. The molecule has 8 atom stereocenters. The first-order valence-electron chi connectivity index (χ1n) is 24.6. The maximum absolute atomic E-state index is 13.0. The lowest BCUT2D eigenvalue weighted by Crippen LogP contribution is -2.64. The fourth-order valence-corrected chi connectivity index (χ4v) is 10.1. The van der Waals surface area contributed by atoms with Gasteiger partial charge in [0.2, 0.25) is 0 Å². The highest BCUT2D eigenvalue weighted by atomic mass is 32.2. The van der Waals surface area contributed by atoms with E-state index in [-0.39, 0.29) is 13.0 Å². The standard InChI is InChI=1S/C45H86O17P2S/c1-3-5-6-7-8-9-10-12-15-18-21-24-27-31-37(46)60-36(35-59-64(56,57)62-45-42(51)40(49)44(41(50)43(45)52)61-63(53,54)55)34-38(47)58-32-28-25-22-19-16-13-11-14-17-20-23-26-29-33-65-39(48)30-4-2/h36,40-45,49-52H,3-35H2,1-2H3,(H,56,57)(H2,53,54,55)/t36-,40-,41+,42+,43?,44?,45?/m1/s1. The van der Waals surface area contributed by atoms with E-state index in [1.54, 1.807) is 0 Å². The molecule has 0 saturated heterocycles. The van der Waals surface area contributed by atoms with Crippen LogP contribution in [0.15, 0.2) is 0 Å². The summed E-state index contributed by atoms with van der Waals surface area (Å²) in [5, 5.41) is 41.8. The Morgan fingerprint density at radius 1 is 0.523 bits per heavy atom. The summed E-state index contributed by atoms with van der Waals surface area (Å²) in [6, 6.07) is 0. The highest BCUT2D eigenvalue weighted by Crippen LogP contribution is 2.48. The van der Waals surface area contributed by atoms with Crippen LogP contribution in [-0.4, -0.2) is 114 Å². The molecule has 0 aromatic carbocycles. The zero-order valence-electron chi connectivity index (χ0n) is 39.4. The largest absolute Gasteiger partial charge is 0.472 e. The molecule has 0 aliphatic heterocycles. The van der Waals surface area contributed by atoms with Crippen LogP contribution in [0.1, 0.15) is 206 Å². The molecule has 0 bridgehead atoms. The minimum absolute atomic E-state index is 0.0359. The number of rotatable bonds is 42. The van der Waals surface area contributed by atoms with Crippen molar-refractivity contribution in [1.82, 2.24) is 0 Å². The van der Waals surface area contributed by atoms with Gasteiger partial charge in [-0.25, -0.2) is 9.13 Å². The van der Waals surface area contributed by atoms with Gasteiger partial charge in [-0.05, 0) is 25.7 Å². The first-order valence-corrected chi connectivity index (χ1v) is 28.6. The minimum atomic E-state index is -5.31. The maximum Gasteiger partial charge on any atom is 0.472 e. The Morgan fingerprint density at radius 2 is 0.938 bits per heavy atom. The molecule has 384 valence electrons. The zero-order chi connectivity index (χ0) is 48.4. The molecule has 1 fully saturated rings. The van der Waals surface area contributed by atoms with Crippen molar-refractivity contribution in [1.29, 1.82) is 0 Å². The summed E-state index contributed by atoms with van der Waals surface area (Å²) in [6.07, 6.45) is 15.1. The van der Waals surface area contributed by atoms with Gasteiger partial charge in [0.1, 0.15) is 42.7 Å². The molecule has 17 nitrogen and oxygen atoms in total. The molecule has 1 aliphatic rings. The van der Waals surface area contributed by atoms with Crippen LogP contribution in [0.5, 0.6) is 0 Å². The molecule has 20 heteroatoms. The van der Waals surface area contributed by atoms with E-state index in [2.05, 4.69) is 11.4 Å². The van der Waals surface area contributed by atoms with Crippen molar-refractivity contribution in [3.8, 4) is 0 Å². The average molecular weight is 993 g/mol. The van der Waals surface area contributed by atoms with E-state index < -0.39 is 83.3 Å². The summed E-state index contributed by atoms with van der Waals surface area (Å²) in [6.45, 7) is 3.52. The first-order chi connectivity index (χ1) is 31.0. The van der Waals surface area contributed by atoms with E-state index >= 15 is 0 Å². The third kappa shape index (κ3) is 32.5. The van der Waals surface area contributed by atoms with E-state index in [1.807, 2.05) is 6.92 Å². The second kappa shape index (κ2) is 37.9. The number of aliphatic hydroxyl groups is 4. The van der Waals surface area contributed by atoms with Crippen LogP contribution >= 0.6 is 27.4 Å². The summed E-state index contributed by atoms with van der Waals surface area (Å²) in [7, 11) is -10.6. The number of unbranched alkanes of at least 4 members (excludes halogenated alkanes) is 24. The van der Waals surface area contributed by atoms with Gasteiger partial charge in [-0.15, -0.1) is 0 Å². The first kappa shape index (κ1) is 62.0. The Balaban J connectivity index is 2.51. The van der Waals surface area contributed by atoms with Crippen molar-refractivity contribution in [2.45, 2.75) is 249 Å². The molecule has 0 amide bonds. The fraction of sp³-hybridized carbons (Fsp3) is 0.933. The van der Waals surface area contributed by atoms with Crippen molar-refractivity contribution < 1.29 is 81.7 Å². The Hall–Kier alpha value is -0.980. The quantitative estimate of drug-likeness (QED) is 0.0171. The summed E-state index contributed by atoms with van der Waals surface area (Å²) in [5.74, 6) is -0.464. The van der Waals surface area contributed by atoms with E-state index in [4.69, 9.17) is 28.3 Å². The number of aliphatic hydroxyl groups excluding tert-OH is 4. The lowest BCUT2D eigenvalue weighted by Gasteiger charge is -2.43. The lowest BCUT2D eigenvalue weighted by molar-refractivity contribution is -0.216. The molecule has 1 saturated carbocycles. The number of hydrogen-bond donors (Lipinski definition) is 7. The molecule has 0 aromatic heterocycles. The molecular formula is C45H86O17P2S. The van der Waals surface area contributed by atoms with Crippen molar-refractivity contribution in [3.05, 3.63) is 0 Å². The molecule has 7 N–H and O–H groups in total. The minimum Gasteiger partial charge on any atom is -0.466 e. The number of carbonyl (C=O) groups excluding carboxylic acids is 3. The number of hydrogen-bond acceptors (Lipinski definition) is 15. The topological polar surface area (TPSA) is 273 Å². The highest BCUT2D eigenvalue weighted by molar-refractivity contribution is 8.13. The van der Waals surface area contributed by atoms with E-state index in [0.29, 0.717) is 24.4 Å². The summed E-state index contributed by atoms with van der Waals surface area (Å²) < 4.78 is 49.2. The van der Waals surface area contributed by atoms with Crippen LogP contribution in [0.3, 0.4) is 0 Å². The molecule has 0 spiro atoms. The van der Waals surface area contributed by atoms with Gasteiger partial charge in [0.15, 0.2) is 5.12 Å². The van der Waals surface area contributed by atoms with Crippen LogP contribution in [0, 0.1) is 0 Å². The molecule has 1 rings (SSSR count). The Labute approximate surface area is 393 Å². The number of ether oxygens (including phenoxy) is 2. The molecule has 0 heterocycles. The summed E-state index contributed by atoms with van der Waals surface area (Å²) >= 11 is 1.47. The van der Waals surface area contributed by atoms with Crippen molar-refractivity contribution in [3.63, 3.8) is 0 Å². The number of thioether (sulfide) groups is 1. The van der Waals surface area contributed by atoms with Crippen molar-refractivity contribution in [2.24, 2.45) is 0 Å². The molecule has 1 aliphatic carbocycles. The molecular weight excluding hydrogens is 906 g/mol. The van der Waals surface area contributed by atoms with E-state index in [9.17, 15) is 48.8 Å². The normalized spacial score (nSPS) is 21.5. The second-order valence-electron chi connectivity index (χ2n) is 17.5. The SMILES string of the molecule is CCCCCCCCCCCCCCCC(=O)O[C@@H](COP(=O)(O)OC1C(O)[C@H](O)C(OP(=O)(O)O)[C@H](O)[C@@H]1O)CC(=O)OCCCCCCCCCCCCCCCSC(=O)CCC. The molecule has 65 heavy (non-hydrogen) atoms. The highest BCUT2D eigenvalue weighted by Gasteiger charge is 2.54. The Morgan fingerprint density at radius 3 is 1.38 bits per heavy atom. The predicted octanol–water partition coefficient (Wildman–Crippen LogP) is 8.88. The van der Waals surface area contributed by atoms with Gasteiger partial charge in [-0.3, -0.25) is 28.0 Å². The number of esters is 2. The van der Waals surface area contributed by atoms with Gasteiger partial charge in [0.05, 0.1) is 19.6 Å². The lowest BCUT2D eigenvalue weighted by atomic mass is 9.85. The van der Waals surface area contributed by atoms with E-state index in [0.717, 1.165) is 70.0 Å². The second-order valence-corrected chi connectivity index (χ2v) is 21.2. The zero-order valence-corrected chi connectivity index (χ0v) is 42.0. The average Bonchev–Trinajstić information content (AvgIpc) is 3.25. The van der Waals surface area contributed by atoms with Crippen LogP contribution in [0.4, 0.5) is 0 Å². The van der Waals surface area contributed by atoms with Gasteiger partial charge in [0.25, 0.3) is 0 Å². The Bertz CT molecular complexity index is 1320. The number of phosphoric acid groups is 2. The van der Waals surface area contributed by atoms with Crippen LogP contribution < -0.4 is 0 Å². The Kier molecular flexibility index (Phi) is 36.1. The van der Waals surface area contributed by atoms with Crippen LogP contribution in [0.2, 0.25) is 0 Å². The van der Waals surface area contributed by atoms with Crippen molar-refractivity contribution >= 4 is 44.5 Å². The maximum atomic E-state index is 13.0. The van der Waals surface area contributed by atoms with Crippen LogP contribution in [0.25, 0.3) is 0 Å².